The number of piperidine rings is 1. The number of hydrogen-bond donors (Lipinski definition) is 2. The van der Waals surface area contributed by atoms with Crippen molar-refractivity contribution in [3.8, 4) is 0 Å². The third kappa shape index (κ3) is 6.03. The molecule has 0 atom stereocenters. The molecule has 4 heteroatoms. The summed E-state index contributed by atoms with van der Waals surface area (Å²) >= 11 is 0. The molecule has 0 aromatic carbocycles. The molecule has 17 heavy (non-hydrogen) atoms. The van der Waals surface area contributed by atoms with Crippen molar-refractivity contribution in [2.24, 2.45) is 5.41 Å². The fourth-order valence-corrected chi connectivity index (χ4v) is 2.02. The molecule has 1 fully saturated rings. The Hall–Kier alpha value is -0.610. The first-order valence-electron chi connectivity index (χ1n) is 6.71. The second-order valence-electron chi connectivity index (χ2n) is 5.20. The van der Waals surface area contributed by atoms with Gasteiger partial charge in [-0.25, -0.2) is 0 Å². The zero-order valence-corrected chi connectivity index (χ0v) is 11.2. The van der Waals surface area contributed by atoms with E-state index in [1.807, 2.05) is 0 Å². The average molecular weight is 242 g/mol. The van der Waals surface area contributed by atoms with Crippen molar-refractivity contribution < 1.29 is 9.53 Å². The largest absolute Gasteiger partial charge is 0.381 e. The van der Waals surface area contributed by atoms with Gasteiger partial charge < -0.3 is 15.4 Å². The number of ether oxygens (including phenoxy) is 1. The van der Waals surface area contributed by atoms with Crippen LogP contribution in [0, 0.1) is 5.41 Å². The van der Waals surface area contributed by atoms with Gasteiger partial charge in [-0.05, 0) is 37.8 Å². The lowest BCUT2D eigenvalue weighted by Crippen LogP contribution is -2.43. The maximum absolute atomic E-state index is 11.6. The SMILES string of the molecule is CCCOCCC(=O)NCC1(C)CCNCC1. The molecular formula is C13H26N2O2. The Balaban J connectivity index is 2.10. The second-order valence-corrected chi connectivity index (χ2v) is 5.20. The van der Waals surface area contributed by atoms with Gasteiger partial charge in [-0.2, -0.15) is 0 Å². The van der Waals surface area contributed by atoms with Crippen LogP contribution in [0.1, 0.15) is 39.5 Å². The molecule has 0 aromatic rings. The minimum atomic E-state index is 0.112. The Labute approximate surface area is 104 Å². The Morgan fingerprint density at radius 2 is 2.06 bits per heavy atom. The van der Waals surface area contributed by atoms with Gasteiger partial charge in [0, 0.05) is 19.6 Å². The molecule has 0 spiro atoms. The van der Waals surface area contributed by atoms with E-state index in [9.17, 15) is 4.79 Å². The lowest BCUT2D eigenvalue weighted by atomic mass is 9.81. The van der Waals surface area contributed by atoms with Crippen molar-refractivity contribution in [1.29, 1.82) is 0 Å². The van der Waals surface area contributed by atoms with Crippen LogP contribution in [-0.4, -0.2) is 38.8 Å². The van der Waals surface area contributed by atoms with E-state index in [0.29, 0.717) is 13.0 Å². The molecule has 1 amide bonds. The third-order valence-corrected chi connectivity index (χ3v) is 3.34. The van der Waals surface area contributed by atoms with Gasteiger partial charge in [-0.1, -0.05) is 13.8 Å². The lowest BCUT2D eigenvalue weighted by Gasteiger charge is -2.34. The van der Waals surface area contributed by atoms with Crippen LogP contribution in [0.15, 0.2) is 0 Å². The van der Waals surface area contributed by atoms with E-state index in [1.165, 1.54) is 0 Å². The summed E-state index contributed by atoms with van der Waals surface area (Å²) in [5, 5.41) is 6.37. The zero-order valence-electron chi connectivity index (χ0n) is 11.2. The quantitative estimate of drug-likeness (QED) is 0.662. The Morgan fingerprint density at radius 1 is 1.35 bits per heavy atom. The molecule has 1 aliphatic rings. The van der Waals surface area contributed by atoms with Crippen molar-refractivity contribution in [1.82, 2.24) is 10.6 Å². The van der Waals surface area contributed by atoms with Gasteiger partial charge in [0.05, 0.1) is 6.61 Å². The summed E-state index contributed by atoms with van der Waals surface area (Å²) in [4.78, 5) is 11.6. The van der Waals surface area contributed by atoms with Gasteiger partial charge in [0.15, 0.2) is 0 Å². The molecule has 2 N–H and O–H groups in total. The molecule has 0 aromatic heterocycles. The summed E-state index contributed by atoms with van der Waals surface area (Å²) in [6.45, 7) is 8.52. The predicted octanol–water partition coefficient (Wildman–Crippen LogP) is 1.31. The molecule has 0 saturated carbocycles. The highest BCUT2D eigenvalue weighted by Crippen LogP contribution is 2.26. The van der Waals surface area contributed by atoms with Crippen LogP contribution in [0.5, 0.6) is 0 Å². The van der Waals surface area contributed by atoms with E-state index in [0.717, 1.165) is 45.5 Å². The number of hydrogen-bond acceptors (Lipinski definition) is 3. The first-order valence-corrected chi connectivity index (χ1v) is 6.71. The Bertz CT molecular complexity index is 225. The Kier molecular flexibility index (Phi) is 6.52. The smallest absolute Gasteiger partial charge is 0.222 e. The lowest BCUT2D eigenvalue weighted by molar-refractivity contribution is -0.122. The molecule has 4 nitrogen and oxygen atoms in total. The van der Waals surface area contributed by atoms with E-state index in [1.54, 1.807) is 0 Å². The second kappa shape index (κ2) is 7.67. The highest BCUT2D eigenvalue weighted by atomic mass is 16.5. The summed E-state index contributed by atoms with van der Waals surface area (Å²) in [6, 6.07) is 0. The predicted molar refractivity (Wildman–Crippen MR) is 68.9 cm³/mol. The van der Waals surface area contributed by atoms with Crippen LogP contribution < -0.4 is 10.6 Å². The average Bonchev–Trinajstić information content (AvgIpc) is 2.33. The van der Waals surface area contributed by atoms with Gasteiger partial charge >= 0.3 is 0 Å². The molecule has 1 saturated heterocycles. The fourth-order valence-electron chi connectivity index (χ4n) is 2.02. The topological polar surface area (TPSA) is 50.4 Å². The van der Waals surface area contributed by atoms with E-state index in [-0.39, 0.29) is 11.3 Å². The molecule has 0 unspecified atom stereocenters. The van der Waals surface area contributed by atoms with Crippen LogP contribution in [-0.2, 0) is 9.53 Å². The highest BCUT2D eigenvalue weighted by molar-refractivity contribution is 5.75. The first-order chi connectivity index (χ1) is 8.16. The fraction of sp³-hybridized carbons (Fsp3) is 0.923. The molecule has 1 rings (SSSR count). The van der Waals surface area contributed by atoms with Gasteiger partial charge in [0.25, 0.3) is 0 Å². The van der Waals surface area contributed by atoms with E-state index in [4.69, 9.17) is 4.74 Å². The summed E-state index contributed by atoms with van der Waals surface area (Å²) in [6.07, 6.45) is 3.76. The number of carbonyl (C=O) groups is 1. The zero-order chi connectivity index (χ0) is 12.6. The first kappa shape index (κ1) is 14.5. The van der Waals surface area contributed by atoms with Crippen LogP contribution in [0.25, 0.3) is 0 Å². The van der Waals surface area contributed by atoms with Gasteiger partial charge in [-0.15, -0.1) is 0 Å². The van der Waals surface area contributed by atoms with E-state index < -0.39 is 0 Å². The third-order valence-electron chi connectivity index (χ3n) is 3.34. The molecule has 0 aliphatic carbocycles. The maximum Gasteiger partial charge on any atom is 0.222 e. The summed E-state index contributed by atoms with van der Waals surface area (Å²) in [5.41, 5.74) is 0.269. The van der Waals surface area contributed by atoms with Crippen LogP contribution in [0.3, 0.4) is 0 Å². The van der Waals surface area contributed by atoms with Crippen LogP contribution in [0.2, 0.25) is 0 Å². The Morgan fingerprint density at radius 3 is 2.71 bits per heavy atom. The molecular weight excluding hydrogens is 216 g/mol. The van der Waals surface area contributed by atoms with E-state index >= 15 is 0 Å². The molecule has 0 radical (unpaired) electrons. The molecule has 1 heterocycles. The number of rotatable bonds is 7. The summed E-state index contributed by atoms with van der Waals surface area (Å²) in [5.74, 6) is 0.112. The monoisotopic (exact) mass is 242 g/mol. The number of amides is 1. The standard InChI is InChI=1S/C13H26N2O2/c1-3-9-17-10-4-12(16)15-11-13(2)5-7-14-8-6-13/h14H,3-11H2,1-2H3,(H,15,16). The maximum atomic E-state index is 11.6. The van der Waals surface area contributed by atoms with Gasteiger partial charge in [0.1, 0.15) is 0 Å². The van der Waals surface area contributed by atoms with Crippen molar-refractivity contribution in [3.63, 3.8) is 0 Å². The van der Waals surface area contributed by atoms with Crippen LogP contribution >= 0.6 is 0 Å². The number of carbonyl (C=O) groups excluding carboxylic acids is 1. The normalized spacial score (nSPS) is 18.9. The van der Waals surface area contributed by atoms with E-state index in [2.05, 4.69) is 24.5 Å². The van der Waals surface area contributed by atoms with Gasteiger partial charge in [-0.3, -0.25) is 4.79 Å². The minimum Gasteiger partial charge on any atom is -0.381 e. The molecule has 100 valence electrons. The number of nitrogens with one attached hydrogen (secondary N) is 2. The van der Waals surface area contributed by atoms with Crippen LogP contribution in [0.4, 0.5) is 0 Å². The molecule has 0 bridgehead atoms. The minimum absolute atomic E-state index is 0.112. The van der Waals surface area contributed by atoms with Crippen molar-refractivity contribution >= 4 is 5.91 Å². The summed E-state index contributed by atoms with van der Waals surface area (Å²) in [7, 11) is 0. The summed E-state index contributed by atoms with van der Waals surface area (Å²) < 4.78 is 5.30. The van der Waals surface area contributed by atoms with Crippen molar-refractivity contribution in [3.05, 3.63) is 0 Å². The highest BCUT2D eigenvalue weighted by Gasteiger charge is 2.26. The van der Waals surface area contributed by atoms with Gasteiger partial charge in [0.2, 0.25) is 5.91 Å². The molecule has 1 aliphatic heterocycles. The van der Waals surface area contributed by atoms with Crippen molar-refractivity contribution in [2.75, 3.05) is 32.8 Å². The van der Waals surface area contributed by atoms with Crippen molar-refractivity contribution in [2.45, 2.75) is 39.5 Å².